The average Bonchev–Trinajstić information content (AvgIpc) is 2.54. The Labute approximate surface area is 144 Å². The van der Waals surface area contributed by atoms with Crippen molar-refractivity contribution < 1.29 is 18.4 Å². The van der Waals surface area contributed by atoms with E-state index in [1.54, 1.807) is 25.4 Å². The van der Waals surface area contributed by atoms with Crippen LogP contribution in [0.2, 0.25) is 0 Å². The number of nitrogens with zero attached hydrogens (tertiary/aromatic N) is 2. The van der Waals surface area contributed by atoms with Gasteiger partial charge in [0, 0.05) is 31.8 Å². The van der Waals surface area contributed by atoms with Gasteiger partial charge >= 0.3 is 0 Å². The molecule has 2 rings (SSSR count). The van der Waals surface area contributed by atoms with Crippen LogP contribution in [0.5, 0.6) is 0 Å². The molecule has 0 aliphatic rings. The van der Waals surface area contributed by atoms with Crippen LogP contribution in [-0.2, 0) is 16.1 Å². The minimum absolute atomic E-state index is 0.0659. The van der Waals surface area contributed by atoms with Crippen LogP contribution in [0, 0.1) is 11.6 Å². The zero-order valence-electron chi connectivity index (χ0n) is 14.0. The molecule has 0 aliphatic heterocycles. The Morgan fingerprint density at radius 1 is 1.24 bits per heavy atom. The summed E-state index contributed by atoms with van der Waals surface area (Å²) in [6.07, 6.45) is 1.48. The van der Waals surface area contributed by atoms with Crippen molar-refractivity contribution in [1.82, 2.24) is 15.2 Å². The number of hydrogen-bond donors (Lipinski definition) is 1. The average molecular weight is 347 g/mol. The van der Waals surface area contributed by atoms with E-state index in [-0.39, 0.29) is 17.9 Å². The molecule has 0 radical (unpaired) electrons. The number of amides is 2. The molecule has 7 heteroatoms. The molecule has 1 atom stereocenters. The van der Waals surface area contributed by atoms with Crippen LogP contribution >= 0.6 is 0 Å². The molecule has 0 aliphatic carbocycles. The number of nitrogens with one attached hydrogen (secondary N) is 1. The van der Waals surface area contributed by atoms with Gasteiger partial charge in [0.2, 0.25) is 11.8 Å². The molecule has 0 saturated carbocycles. The Balaban J connectivity index is 2.13. The zero-order valence-corrected chi connectivity index (χ0v) is 14.0. The van der Waals surface area contributed by atoms with Crippen molar-refractivity contribution in [2.24, 2.45) is 0 Å². The molecule has 132 valence electrons. The third kappa shape index (κ3) is 5.34. The third-order valence-corrected chi connectivity index (χ3v) is 3.65. The summed E-state index contributed by atoms with van der Waals surface area (Å²) in [6.45, 7) is 1.56. The monoisotopic (exact) mass is 347 g/mol. The molecule has 1 aromatic carbocycles. The van der Waals surface area contributed by atoms with E-state index in [0.717, 1.165) is 12.1 Å². The number of carbonyl (C=O) groups is 2. The lowest BCUT2D eigenvalue weighted by Crippen LogP contribution is -2.34. The van der Waals surface area contributed by atoms with Gasteiger partial charge in [0.25, 0.3) is 0 Å². The number of pyridine rings is 1. The Hall–Kier alpha value is -2.83. The maximum absolute atomic E-state index is 14.0. The molecule has 1 heterocycles. The Morgan fingerprint density at radius 2 is 2.00 bits per heavy atom. The van der Waals surface area contributed by atoms with Crippen LogP contribution < -0.4 is 5.32 Å². The summed E-state index contributed by atoms with van der Waals surface area (Å²) in [6, 6.07) is 7.55. The van der Waals surface area contributed by atoms with Crippen molar-refractivity contribution in [2.75, 3.05) is 7.05 Å². The second-order valence-corrected chi connectivity index (χ2v) is 5.69. The number of aromatic nitrogens is 1. The van der Waals surface area contributed by atoms with E-state index in [1.165, 1.54) is 17.9 Å². The first-order valence-electron chi connectivity index (χ1n) is 7.72. The van der Waals surface area contributed by atoms with Gasteiger partial charge in [-0.3, -0.25) is 14.6 Å². The van der Waals surface area contributed by atoms with Gasteiger partial charge in [-0.25, -0.2) is 8.78 Å². The highest BCUT2D eigenvalue weighted by Crippen LogP contribution is 2.22. The fourth-order valence-corrected chi connectivity index (χ4v) is 2.42. The number of carbonyl (C=O) groups excluding carboxylic acids is 2. The van der Waals surface area contributed by atoms with Gasteiger partial charge in [-0.05, 0) is 18.2 Å². The third-order valence-electron chi connectivity index (χ3n) is 3.65. The smallest absolute Gasteiger partial charge is 0.225 e. The minimum atomic E-state index is -0.878. The van der Waals surface area contributed by atoms with E-state index >= 15 is 0 Å². The largest absolute Gasteiger partial charge is 0.349 e. The lowest BCUT2D eigenvalue weighted by Gasteiger charge is -2.22. The van der Waals surface area contributed by atoms with Gasteiger partial charge in [-0.2, -0.15) is 0 Å². The molecule has 2 aromatic rings. The molecule has 0 bridgehead atoms. The zero-order chi connectivity index (χ0) is 18.4. The molecular formula is C18H19F2N3O2. The van der Waals surface area contributed by atoms with Crippen molar-refractivity contribution in [3.8, 4) is 0 Å². The van der Waals surface area contributed by atoms with Crippen molar-refractivity contribution >= 4 is 11.8 Å². The van der Waals surface area contributed by atoms with Crippen LogP contribution in [0.4, 0.5) is 8.78 Å². The SMILES string of the molecule is CC(=O)N[C@H](CC(=O)N(C)Cc1ccccn1)c1ccc(F)cc1F. The Kier molecular flexibility index (Phi) is 6.16. The second kappa shape index (κ2) is 8.32. The van der Waals surface area contributed by atoms with E-state index in [9.17, 15) is 18.4 Å². The molecule has 1 N–H and O–H groups in total. The maximum atomic E-state index is 14.0. The minimum Gasteiger partial charge on any atom is -0.349 e. The summed E-state index contributed by atoms with van der Waals surface area (Å²) in [5.41, 5.74) is 0.776. The van der Waals surface area contributed by atoms with Crippen molar-refractivity contribution in [1.29, 1.82) is 0 Å². The fourth-order valence-electron chi connectivity index (χ4n) is 2.42. The number of halogens is 2. The summed E-state index contributed by atoms with van der Waals surface area (Å²) >= 11 is 0. The van der Waals surface area contributed by atoms with Gasteiger partial charge in [0.15, 0.2) is 0 Å². The standard InChI is InChI=1S/C18H19F2N3O2/c1-12(24)22-17(15-7-6-13(19)9-16(15)20)10-18(25)23(2)11-14-5-3-4-8-21-14/h3-9,17H,10-11H2,1-2H3,(H,22,24)/t17-/m1/s1. The predicted octanol–water partition coefficient (Wildman–Crippen LogP) is 2.59. The number of hydrogen-bond acceptors (Lipinski definition) is 3. The van der Waals surface area contributed by atoms with Crippen LogP contribution in [0.1, 0.15) is 30.6 Å². The Morgan fingerprint density at radius 3 is 2.60 bits per heavy atom. The summed E-state index contributed by atoms with van der Waals surface area (Å²) in [5.74, 6) is -2.23. The summed E-state index contributed by atoms with van der Waals surface area (Å²) in [5, 5.41) is 2.54. The van der Waals surface area contributed by atoms with E-state index < -0.39 is 23.6 Å². The van der Waals surface area contributed by atoms with E-state index in [0.29, 0.717) is 12.2 Å². The van der Waals surface area contributed by atoms with Crippen molar-refractivity contribution in [3.63, 3.8) is 0 Å². The molecule has 0 saturated heterocycles. The van der Waals surface area contributed by atoms with Gasteiger partial charge in [0.05, 0.1) is 24.7 Å². The first-order chi connectivity index (χ1) is 11.9. The highest BCUT2D eigenvalue weighted by molar-refractivity contribution is 5.79. The van der Waals surface area contributed by atoms with Gasteiger partial charge < -0.3 is 10.2 Å². The fraction of sp³-hybridized carbons (Fsp3) is 0.278. The maximum Gasteiger partial charge on any atom is 0.225 e. The van der Waals surface area contributed by atoms with Crippen LogP contribution in [0.15, 0.2) is 42.6 Å². The van der Waals surface area contributed by atoms with Crippen LogP contribution in [-0.4, -0.2) is 28.7 Å². The molecule has 25 heavy (non-hydrogen) atoms. The molecule has 5 nitrogen and oxygen atoms in total. The normalized spacial score (nSPS) is 11.7. The van der Waals surface area contributed by atoms with Crippen molar-refractivity contribution in [3.05, 3.63) is 65.5 Å². The predicted molar refractivity (Wildman–Crippen MR) is 88.2 cm³/mol. The lowest BCUT2D eigenvalue weighted by atomic mass is 10.0. The van der Waals surface area contributed by atoms with E-state index in [4.69, 9.17) is 0 Å². The number of benzene rings is 1. The topological polar surface area (TPSA) is 62.3 Å². The molecule has 0 spiro atoms. The summed E-state index contributed by atoms with van der Waals surface area (Å²) in [4.78, 5) is 29.4. The first kappa shape index (κ1) is 18.5. The lowest BCUT2D eigenvalue weighted by molar-refractivity contribution is -0.131. The molecule has 2 amide bonds. The molecular weight excluding hydrogens is 328 g/mol. The van der Waals surface area contributed by atoms with E-state index in [1.807, 2.05) is 6.07 Å². The van der Waals surface area contributed by atoms with Gasteiger partial charge in [-0.1, -0.05) is 12.1 Å². The quantitative estimate of drug-likeness (QED) is 0.874. The van der Waals surface area contributed by atoms with Crippen molar-refractivity contribution in [2.45, 2.75) is 25.9 Å². The second-order valence-electron chi connectivity index (χ2n) is 5.69. The van der Waals surface area contributed by atoms with E-state index in [2.05, 4.69) is 10.3 Å². The Bertz CT molecular complexity index is 753. The highest BCUT2D eigenvalue weighted by Gasteiger charge is 2.22. The molecule has 1 aromatic heterocycles. The van der Waals surface area contributed by atoms with Crippen LogP contribution in [0.3, 0.4) is 0 Å². The molecule has 0 unspecified atom stereocenters. The van der Waals surface area contributed by atoms with Crippen LogP contribution in [0.25, 0.3) is 0 Å². The van der Waals surface area contributed by atoms with Gasteiger partial charge in [0.1, 0.15) is 11.6 Å². The van der Waals surface area contributed by atoms with Gasteiger partial charge in [-0.15, -0.1) is 0 Å². The summed E-state index contributed by atoms with van der Waals surface area (Å²) < 4.78 is 27.1. The molecule has 0 fully saturated rings. The highest BCUT2D eigenvalue weighted by atomic mass is 19.1. The first-order valence-corrected chi connectivity index (χ1v) is 7.72. The number of rotatable bonds is 6. The summed E-state index contributed by atoms with van der Waals surface area (Å²) in [7, 11) is 1.60.